The zero-order chi connectivity index (χ0) is 24.4. The van der Waals surface area contributed by atoms with Crippen molar-refractivity contribution in [2.45, 2.75) is 31.4 Å². The number of nitrogens with zero attached hydrogens (tertiary/aromatic N) is 2. The molecule has 0 saturated heterocycles. The first-order valence-corrected chi connectivity index (χ1v) is 12.0. The van der Waals surface area contributed by atoms with Gasteiger partial charge in [-0.3, -0.25) is 10.00 Å². The van der Waals surface area contributed by atoms with Gasteiger partial charge in [0.25, 0.3) is 0 Å². The van der Waals surface area contributed by atoms with Crippen LogP contribution in [-0.4, -0.2) is 15.9 Å². The summed E-state index contributed by atoms with van der Waals surface area (Å²) in [5, 5.41) is 7.69. The van der Waals surface area contributed by atoms with E-state index in [0.717, 1.165) is 34.2 Å². The number of carbonyl (C=O) groups excluding carboxylic acids is 1. The highest BCUT2D eigenvalue weighted by molar-refractivity contribution is 6.31. The van der Waals surface area contributed by atoms with Gasteiger partial charge in [-0.2, -0.15) is 5.10 Å². The molecule has 6 nitrogen and oxygen atoms in total. The Morgan fingerprint density at radius 3 is 2.54 bits per heavy atom. The van der Waals surface area contributed by atoms with Gasteiger partial charge in [-0.1, -0.05) is 54.1 Å². The largest absolute Gasteiger partial charge is 0.444 e. The predicted octanol–water partition coefficient (Wildman–Crippen LogP) is 6.22. The van der Waals surface area contributed by atoms with Crippen molar-refractivity contribution >= 4 is 23.4 Å². The number of nitrogens with two attached hydrogens (primary N) is 1. The third-order valence-electron chi connectivity index (χ3n) is 6.32. The number of benzene rings is 3. The number of hydrogen-bond donors (Lipinski definition) is 2. The van der Waals surface area contributed by atoms with E-state index in [-0.39, 0.29) is 6.61 Å². The fourth-order valence-corrected chi connectivity index (χ4v) is 4.74. The highest BCUT2D eigenvalue weighted by atomic mass is 35.5. The summed E-state index contributed by atoms with van der Waals surface area (Å²) in [6.45, 7) is 0.691. The van der Waals surface area contributed by atoms with Gasteiger partial charge in [-0.25, -0.2) is 4.79 Å². The number of ether oxygens (including phenoxy) is 1. The Hall–Kier alpha value is -3.61. The first-order valence-electron chi connectivity index (χ1n) is 11.6. The van der Waals surface area contributed by atoms with Crippen LogP contribution in [0.3, 0.4) is 0 Å². The fourth-order valence-electron chi connectivity index (χ4n) is 4.49. The highest BCUT2D eigenvalue weighted by Crippen LogP contribution is 2.55. The molecule has 4 aromatic rings. The summed E-state index contributed by atoms with van der Waals surface area (Å²) >= 11 is 6.41. The van der Waals surface area contributed by atoms with Crippen molar-refractivity contribution in [2.24, 2.45) is 12.8 Å². The van der Waals surface area contributed by atoms with Crippen LogP contribution in [0, 0.1) is 0 Å². The summed E-state index contributed by atoms with van der Waals surface area (Å²) < 4.78 is 7.15. The number of nitrogens with one attached hydrogen (secondary N) is 1. The average Bonchev–Trinajstić information content (AvgIpc) is 3.55. The molecule has 1 amide bonds. The van der Waals surface area contributed by atoms with E-state index >= 15 is 0 Å². The van der Waals surface area contributed by atoms with Crippen molar-refractivity contribution in [1.29, 1.82) is 0 Å². The maximum absolute atomic E-state index is 12.3. The van der Waals surface area contributed by atoms with E-state index in [9.17, 15) is 4.79 Å². The van der Waals surface area contributed by atoms with Gasteiger partial charge < -0.3 is 10.5 Å². The Morgan fingerprint density at radius 1 is 1.06 bits per heavy atom. The molecule has 0 aliphatic heterocycles. The second-order valence-electron chi connectivity index (χ2n) is 8.98. The monoisotopic (exact) mass is 486 g/mol. The average molecular weight is 487 g/mol. The summed E-state index contributed by atoms with van der Waals surface area (Å²) in [5.41, 5.74) is 13.2. The maximum Gasteiger partial charge on any atom is 0.411 e. The highest BCUT2D eigenvalue weighted by Gasteiger charge is 2.40. The van der Waals surface area contributed by atoms with Crippen LogP contribution in [0.2, 0.25) is 5.02 Å². The minimum atomic E-state index is -0.508. The van der Waals surface area contributed by atoms with Crippen molar-refractivity contribution < 1.29 is 9.53 Å². The number of amides is 1. The summed E-state index contributed by atoms with van der Waals surface area (Å²) in [7, 11) is 1.91. The molecule has 1 aliphatic carbocycles. The molecule has 35 heavy (non-hydrogen) atoms. The number of halogens is 1. The number of hydrogen-bond acceptors (Lipinski definition) is 4. The number of aromatic nitrogens is 2. The normalized spacial score (nSPS) is 16.7. The molecule has 7 heteroatoms. The third kappa shape index (κ3) is 5.56. The molecule has 178 valence electrons. The Balaban J connectivity index is 1.30. The topological polar surface area (TPSA) is 82.2 Å². The van der Waals surface area contributed by atoms with Crippen LogP contribution in [0.1, 0.15) is 40.5 Å². The van der Waals surface area contributed by atoms with Crippen molar-refractivity contribution in [2.75, 3.05) is 5.32 Å². The molecule has 1 aliphatic rings. The molecule has 3 aromatic carbocycles. The third-order valence-corrected chi connectivity index (χ3v) is 6.53. The van der Waals surface area contributed by atoms with E-state index in [1.54, 1.807) is 10.7 Å². The van der Waals surface area contributed by atoms with Crippen LogP contribution in [0.4, 0.5) is 10.5 Å². The lowest BCUT2D eigenvalue weighted by Crippen LogP contribution is -2.13. The predicted molar refractivity (Wildman–Crippen MR) is 138 cm³/mol. The fraction of sp³-hybridized carbons (Fsp3) is 0.214. The van der Waals surface area contributed by atoms with Gasteiger partial charge >= 0.3 is 6.09 Å². The minimum absolute atomic E-state index is 0.210. The van der Waals surface area contributed by atoms with Gasteiger partial charge in [-0.05, 0) is 70.3 Å². The molecule has 1 aromatic heterocycles. The Kier molecular flexibility index (Phi) is 6.57. The lowest BCUT2D eigenvalue weighted by atomic mass is 9.97. The molecule has 5 rings (SSSR count). The van der Waals surface area contributed by atoms with Gasteiger partial charge in [0.2, 0.25) is 0 Å². The Bertz CT molecular complexity index is 1350. The van der Waals surface area contributed by atoms with Crippen LogP contribution in [0.15, 0.2) is 79.1 Å². The van der Waals surface area contributed by atoms with E-state index in [1.807, 2.05) is 61.9 Å². The molecule has 1 saturated carbocycles. The van der Waals surface area contributed by atoms with Gasteiger partial charge in [0.1, 0.15) is 6.61 Å². The van der Waals surface area contributed by atoms with Gasteiger partial charge in [0.05, 0.1) is 6.20 Å². The summed E-state index contributed by atoms with van der Waals surface area (Å²) in [6, 6.07) is 21.8. The van der Waals surface area contributed by atoms with Gasteiger partial charge in [0.15, 0.2) is 0 Å². The van der Waals surface area contributed by atoms with Crippen molar-refractivity contribution in [3.8, 4) is 11.1 Å². The van der Waals surface area contributed by atoms with Crippen molar-refractivity contribution in [3.63, 3.8) is 0 Å². The molecule has 1 heterocycles. The summed E-state index contributed by atoms with van der Waals surface area (Å²) in [4.78, 5) is 12.3. The molecule has 0 spiro atoms. The lowest BCUT2D eigenvalue weighted by molar-refractivity contribution is 0.155. The zero-order valence-electron chi connectivity index (χ0n) is 19.4. The van der Waals surface area contributed by atoms with Crippen LogP contribution >= 0.6 is 11.6 Å². The standard InChI is InChI=1S/C28H27ClN4O2/c1-33-16-23(15-31-33)20-7-19(14-30)8-21(9-20)26-13-27(26)22-10-24(29)12-25(11-22)32-28(34)35-17-18-5-3-2-4-6-18/h2-12,15-16,26-27H,13-14,17,30H2,1H3,(H,32,34)/t26-,27-/m0/s1. The second kappa shape index (κ2) is 9.94. The SMILES string of the molecule is Cn1cc(-c2cc(CN)cc([C@@H]3C[C@H]3c3cc(Cl)cc(NC(=O)OCc4ccccc4)c3)c2)cn1. The van der Waals surface area contributed by atoms with Crippen molar-refractivity contribution in [1.82, 2.24) is 9.78 Å². The minimum Gasteiger partial charge on any atom is -0.444 e. The lowest BCUT2D eigenvalue weighted by Gasteiger charge is -2.11. The summed E-state index contributed by atoms with van der Waals surface area (Å²) in [6.07, 6.45) is 4.38. The van der Waals surface area contributed by atoms with Crippen LogP contribution in [-0.2, 0) is 24.9 Å². The first kappa shape index (κ1) is 23.1. The molecular weight excluding hydrogens is 460 g/mol. The maximum atomic E-state index is 12.3. The number of anilines is 1. The van der Waals surface area contributed by atoms with E-state index in [1.165, 1.54) is 5.56 Å². The quantitative estimate of drug-likeness (QED) is 0.325. The smallest absolute Gasteiger partial charge is 0.411 e. The number of aryl methyl sites for hydroxylation is 1. The zero-order valence-corrected chi connectivity index (χ0v) is 20.2. The van der Waals surface area contributed by atoms with Gasteiger partial charge in [-0.15, -0.1) is 0 Å². The molecule has 1 fully saturated rings. The number of carbonyl (C=O) groups is 1. The number of rotatable bonds is 7. The summed E-state index contributed by atoms with van der Waals surface area (Å²) in [5.74, 6) is 0.692. The Morgan fingerprint density at radius 2 is 1.83 bits per heavy atom. The van der Waals surface area contributed by atoms with E-state index < -0.39 is 6.09 Å². The van der Waals surface area contributed by atoms with Crippen molar-refractivity contribution in [3.05, 3.63) is 106 Å². The molecular formula is C28H27ClN4O2. The molecule has 2 atom stereocenters. The van der Waals surface area contributed by atoms with Crippen LogP contribution in [0.25, 0.3) is 11.1 Å². The van der Waals surface area contributed by atoms with Gasteiger partial charge in [0, 0.05) is 36.1 Å². The van der Waals surface area contributed by atoms with E-state index in [0.29, 0.717) is 29.1 Å². The molecule has 0 unspecified atom stereocenters. The molecule has 0 radical (unpaired) electrons. The van der Waals surface area contributed by atoms with Crippen LogP contribution < -0.4 is 11.1 Å². The molecule has 0 bridgehead atoms. The Labute approximate surface area is 209 Å². The van der Waals surface area contributed by atoms with E-state index in [2.05, 4.69) is 28.6 Å². The van der Waals surface area contributed by atoms with Crippen LogP contribution in [0.5, 0.6) is 0 Å². The second-order valence-corrected chi connectivity index (χ2v) is 9.42. The first-order chi connectivity index (χ1) is 17.0. The van der Waals surface area contributed by atoms with E-state index in [4.69, 9.17) is 22.1 Å². The molecule has 3 N–H and O–H groups in total.